The number of halogens is 2. The van der Waals surface area contributed by atoms with Gasteiger partial charge < -0.3 is 15.5 Å². The number of aromatic amines is 1. The van der Waals surface area contributed by atoms with Gasteiger partial charge in [0.15, 0.2) is 0 Å². The minimum absolute atomic E-state index is 0.302. The Hall–Kier alpha value is -1.62. The first-order valence-electron chi connectivity index (χ1n) is 5.76. The van der Waals surface area contributed by atoms with Crippen molar-refractivity contribution in [3.05, 3.63) is 30.0 Å². The third-order valence-corrected chi connectivity index (χ3v) is 3.51. The molecular formula is C13H14F2N2O. The standard InChI is InChI=1S/C13H14F2N2O/c1-18-9-3-2-8-4-11(17-10(8)5-9)12(16)6-13(14,15)7-12/h2-5,17H,6-7,16H2,1H3. The SMILES string of the molecule is COc1ccc2cc(C3(N)CC(F)(F)C3)[nH]c2c1. The lowest BCUT2D eigenvalue weighted by molar-refractivity contribution is -0.126. The highest BCUT2D eigenvalue weighted by atomic mass is 19.3. The fourth-order valence-corrected chi connectivity index (χ4v) is 2.56. The summed E-state index contributed by atoms with van der Waals surface area (Å²) in [5.41, 5.74) is 6.57. The van der Waals surface area contributed by atoms with E-state index in [1.165, 1.54) is 0 Å². The van der Waals surface area contributed by atoms with E-state index in [2.05, 4.69) is 4.98 Å². The van der Waals surface area contributed by atoms with Crippen molar-refractivity contribution in [1.82, 2.24) is 4.98 Å². The lowest BCUT2D eigenvalue weighted by Crippen LogP contribution is -2.55. The smallest absolute Gasteiger partial charge is 0.252 e. The van der Waals surface area contributed by atoms with Crippen molar-refractivity contribution in [3.8, 4) is 5.75 Å². The molecular weight excluding hydrogens is 238 g/mol. The number of hydrogen-bond donors (Lipinski definition) is 2. The first kappa shape index (κ1) is 11.5. The van der Waals surface area contributed by atoms with E-state index in [9.17, 15) is 8.78 Å². The molecule has 1 saturated carbocycles. The topological polar surface area (TPSA) is 51.0 Å². The molecule has 5 heteroatoms. The lowest BCUT2D eigenvalue weighted by atomic mass is 9.72. The molecule has 0 unspecified atom stereocenters. The molecule has 1 aliphatic rings. The zero-order valence-electron chi connectivity index (χ0n) is 9.97. The van der Waals surface area contributed by atoms with E-state index in [1.54, 1.807) is 7.11 Å². The van der Waals surface area contributed by atoms with Crippen molar-refractivity contribution in [2.75, 3.05) is 7.11 Å². The fraction of sp³-hybridized carbons (Fsp3) is 0.385. The molecule has 96 valence electrons. The first-order chi connectivity index (χ1) is 8.42. The van der Waals surface area contributed by atoms with Gasteiger partial charge in [-0.25, -0.2) is 8.78 Å². The largest absolute Gasteiger partial charge is 0.497 e. The van der Waals surface area contributed by atoms with Crippen LogP contribution in [-0.4, -0.2) is 18.0 Å². The zero-order chi connectivity index (χ0) is 13.0. The summed E-state index contributed by atoms with van der Waals surface area (Å²) in [5, 5.41) is 0.950. The highest BCUT2D eigenvalue weighted by molar-refractivity contribution is 5.82. The van der Waals surface area contributed by atoms with Gasteiger partial charge in [0, 0.05) is 30.1 Å². The number of methoxy groups -OCH3 is 1. The van der Waals surface area contributed by atoms with Gasteiger partial charge in [0.1, 0.15) is 5.75 Å². The zero-order valence-corrected chi connectivity index (χ0v) is 9.97. The summed E-state index contributed by atoms with van der Waals surface area (Å²) < 4.78 is 31.1. The molecule has 1 aromatic carbocycles. The van der Waals surface area contributed by atoms with E-state index < -0.39 is 11.5 Å². The number of nitrogens with one attached hydrogen (secondary N) is 1. The van der Waals surface area contributed by atoms with Crippen molar-refractivity contribution >= 4 is 10.9 Å². The van der Waals surface area contributed by atoms with Crippen molar-refractivity contribution in [1.29, 1.82) is 0 Å². The summed E-state index contributed by atoms with van der Waals surface area (Å²) in [6.07, 6.45) is -0.603. The minimum Gasteiger partial charge on any atom is -0.497 e. The summed E-state index contributed by atoms with van der Waals surface area (Å²) in [4.78, 5) is 3.11. The second-order valence-corrected chi connectivity index (χ2v) is 5.00. The van der Waals surface area contributed by atoms with Gasteiger partial charge in [-0.3, -0.25) is 0 Å². The average molecular weight is 252 g/mol. The van der Waals surface area contributed by atoms with E-state index in [4.69, 9.17) is 10.5 Å². The second kappa shape index (κ2) is 3.45. The maximum atomic E-state index is 13.0. The quantitative estimate of drug-likeness (QED) is 0.863. The molecule has 0 spiro atoms. The van der Waals surface area contributed by atoms with E-state index in [-0.39, 0.29) is 12.8 Å². The third kappa shape index (κ3) is 1.66. The molecule has 1 fully saturated rings. The van der Waals surface area contributed by atoms with Crippen LogP contribution in [0.5, 0.6) is 5.75 Å². The normalized spacial score (nSPS) is 20.7. The number of hydrogen-bond acceptors (Lipinski definition) is 2. The van der Waals surface area contributed by atoms with E-state index in [1.807, 2.05) is 24.3 Å². The predicted molar refractivity (Wildman–Crippen MR) is 64.9 cm³/mol. The average Bonchev–Trinajstić information content (AvgIpc) is 2.69. The van der Waals surface area contributed by atoms with E-state index in [0.717, 1.165) is 16.7 Å². The summed E-state index contributed by atoms with van der Waals surface area (Å²) in [7, 11) is 1.59. The molecule has 18 heavy (non-hydrogen) atoms. The van der Waals surface area contributed by atoms with Crippen molar-refractivity contribution in [3.63, 3.8) is 0 Å². The number of nitrogens with two attached hydrogens (primary N) is 1. The second-order valence-electron chi connectivity index (χ2n) is 5.00. The maximum Gasteiger partial charge on any atom is 0.252 e. The number of fused-ring (bicyclic) bond motifs is 1. The van der Waals surface area contributed by atoms with Crippen LogP contribution in [0.15, 0.2) is 24.3 Å². The molecule has 3 rings (SSSR count). The Kier molecular flexibility index (Phi) is 2.20. The van der Waals surface area contributed by atoms with Gasteiger partial charge in [-0.2, -0.15) is 0 Å². The number of benzene rings is 1. The number of rotatable bonds is 2. The number of ether oxygens (including phenoxy) is 1. The highest BCUT2D eigenvalue weighted by Gasteiger charge is 2.55. The Bertz CT molecular complexity index is 598. The van der Waals surface area contributed by atoms with Crippen LogP contribution in [-0.2, 0) is 5.54 Å². The summed E-state index contributed by atoms with van der Waals surface area (Å²) in [6, 6.07) is 7.38. The first-order valence-corrected chi connectivity index (χ1v) is 5.76. The molecule has 3 nitrogen and oxygen atoms in total. The number of alkyl halides is 2. The summed E-state index contributed by atoms with van der Waals surface area (Å²) >= 11 is 0. The van der Waals surface area contributed by atoms with Crippen LogP contribution in [0.3, 0.4) is 0 Å². The predicted octanol–water partition coefficient (Wildman–Crippen LogP) is 2.76. The third-order valence-electron chi connectivity index (χ3n) is 3.51. The molecule has 0 amide bonds. The van der Waals surface area contributed by atoms with Crippen LogP contribution in [0, 0.1) is 0 Å². The van der Waals surface area contributed by atoms with Crippen LogP contribution in [0.1, 0.15) is 18.5 Å². The monoisotopic (exact) mass is 252 g/mol. The van der Waals surface area contributed by atoms with Crippen LogP contribution in [0.2, 0.25) is 0 Å². The molecule has 1 aliphatic carbocycles. The van der Waals surface area contributed by atoms with Crippen LogP contribution in [0.25, 0.3) is 10.9 Å². The van der Waals surface area contributed by atoms with Crippen LogP contribution in [0.4, 0.5) is 8.78 Å². The highest BCUT2D eigenvalue weighted by Crippen LogP contribution is 2.49. The Morgan fingerprint density at radius 3 is 2.61 bits per heavy atom. The Labute approximate surface area is 103 Å². The van der Waals surface area contributed by atoms with Gasteiger partial charge in [-0.1, -0.05) is 0 Å². The molecule has 0 bridgehead atoms. The van der Waals surface area contributed by atoms with E-state index >= 15 is 0 Å². The van der Waals surface area contributed by atoms with Gasteiger partial charge in [0.25, 0.3) is 5.92 Å². The molecule has 3 N–H and O–H groups in total. The lowest BCUT2D eigenvalue weighted by Gasteiger charge is -2.43. The van der Waals surface area contributed by atoms with Crippen molar-refractivity contribution in [2.45, 2.75) is 24.3 Å². The molecule has 1 aromatic heterocycles. The van der Waals surface area contributed by atoms with Gasteiger partial charge >= 0.3 is 0 Å². The molecule has 0 aliphatic heterocycles. The van der Waals surface area contributed by atoms with Crippen molar-refractivity contribution < 1.29 is 13.5 Å². The molecule has 0 atom stereocenters. The van der Waals surface area contributed by atoms with Gasteiger partial charge in [0.2, 0.25) is 0 Å². The van der Waals surface area contributed by atoms with Gasteiger partial charge in [-0.15, -0.1) is 0 Å². The maximum absolute atomic E-state index is 13.0. The van der Waals surface area contributed by atoms with Crippen LogP contribution >= 0.6 is 0 Å². The molecule has 1 heterocycles. The molecule has 0 radical (unpaired) electrons. The Morgan fingerprint density at radius 2 is 2.00 bits per heavy atom. The van der Waals surface area contributed by atoms with Crippen LogP contribution < -0.4 is 10.5 Å². The number of aromatic nitrogens is 1. The van der Waals surface area contributed by atoms with Gasteiger partial charge in [-0.05, 0) is 23.6 Å². The fourth-order valence-electron chi connectivity index (χ4n) is 2.56. The number of H-pyrrole nitrogens is 1. The van der Waals surface area contributed by atoms with E-state index in [0.29, 0.717) is 5.69 Å². The summed E-state index contributed by atoms with van der Waals surface area (Å²) in [6.45, 7) is 0. The molecule has 2 aromatic rings. The Balaban J connectivity index is 1.99. The molecule has 0 saturated heterocycles. The minimum atomic E-state index is -2.64. The summed E-state index contributed by atoms with van der Waals surface area (Å²) in [5.74, 6) is -1.91. The Morgan fingerprint density at radius 1 is 1.28 bits per heavy atom. The van der Waals surface area contributed by atoms with Crippen molar-refractivity contribution in [2.24, 2.45) is 5.73 Å². The van der Waals surface area contributed by atoms with Gasteiger partial charge in [0.05, 0.1) is 12.6 Å².